The Morgan fingerprint density at radius 3 is 2.79 bits per heavy atom. The van der Waals surface area contributed by atoms with Crippen molar-refractivity contribution in [1.82, 2.24) is 9.38 Å². The zero-order chi connectivity index (χ0) is 10.1. The van der Waals surface area contributed by atoms with Crippen LogP contribution < -0.4 is 5.46 Å². The molecule has 0 unspecified atom stereocenters. The van der Waals surface area contributed by atoms with Gasteiger partial charge in [0.1, 0.15) is 5.65 Å². The third-order valence-corrected chi connectivity index (χ3v) is 2.07. The lowest BCUT2D eigenvalue weighted by molar-refractivity contribution is 0.276. The quantitative estimate of drug-likeness (QED) is 0.506. The molecule has 0 spiro atoms. The van der Waals surface area contributed by atoms with Gasteiger partial charge in [0.25, 0.3) is 0 Å². The Morgan fingerprint density at radius 2 is 2.14 bits per heavy atom. The largest absolute Gasteiger partial charge is 0.489 e. The summed E-state index contributed by atoms with van der Waals surface area (Å²) >= 11 is 0. The predicted molar refractivity (Wildman–Crippen MR) is 50.9 cm³/mol. The van der Waals surface area contributed by atoms with E-state index in [4.69, 9.17) is 15.2 Å². The molecule has 2 rings (SSSR count). The fourth-order valence-electron chi connectivity index (χ4n) is 1.32. The average molecular weight is 192 g/mol. The molecule has 0 fully saturated rings. The minimum absolute atomic E-state index is 0.133. The van der Waals surface area contributed by atoms with E-state index in [2.05, 4.69) is 4.98 Å². The normalized spacial score (nSPS) is 10.8. The van der Waals surface area contributed by atoms with Crippen molar-refractivity contribution in [2.24, 2.45) is 0 Å². The van der Waals surface area contributed by atoms with Crippen LogP contribution in [0, 0.1) is 0 Å². The summed E-state index contributed by atoms with van der Waals surface area (Å²) in [5, 5.41) is 26.9. The highest BCUT2D eigenvalue weighted by Crippen LogP contribution is 2.04. The fourth-order valence-corrected chi connectivity index (χ4v) is 1.32. The van der Waals surface area contributed by atoms with E-state index in [0.29, 0.717) is 16.8 Å². The van der Waals surface area contributed by atoms with Crippen molar-refractivity contribution >= 4 is 18.2 Å². The van der Waals surface area contributed by atoms with Crippen molar-refractivity contribution in [2.45, 2.75) is 6.61 Å². The molecule has 72 valence electrons. The first-order valence-corrected chi connectivity index (χ1v) is 4.15. The summed E-state index contributed by atoms with van der Waals surface area (Å²) in [5.74, 6) is 0. The maximum Gasteiger partial charge on any atom is 0.489 e. The predicted octanol–water partition coefficient (Wildman–Crippen LogP) is -1.49. The lowest BCUT2D eigenvalue weighted by Crippen LogP contribution is -2.30. The van der Waals surface area contributed by atoms with Gasteiger partial charge in [-0.2, -0.15) is 0 Å². The zero-order valence-electron chi connectivity index (χ0n) is 7.33. The molecule has 3 N–H and O–H groups in total. The molecule has 14 heavy (non-hydrogen) atoms. The van der Waals surface area contributed by atoms with Gasteiger partial charge in [0.2, 0.25) is 0 Å². The van der Waals surface area contributed by atoms with Gasteiger partial charge >= 0.3 is 7.12 Å². The van der Waals surface area contributed by atoms with E-state index in [0.717, 1.165) is 0 Å². The van der Waals surface area contributed by atoms with Crippen LogP contribution in [-0.2, 0) is 6.61 Å². The van der Waals surface area contributed by atoms with Crippen LogP contribution in [0.3, 0.4) is 0 Å². The molecule has 0 amide bonds. The first-order chi connectivity index (χ1) is 6.72. The highest BCUT2D eigenvalue weighted by atomic mass is 16.4. The van der Waals surface area contributed by atoms with Crippen LogP contribution in [0.25, 0.3) is 5.65 Å². The lowest BCUT2D eigenvalue weighted by atomic mass is 9.82. The van der Waals surface area contributed by atoms with Crippen molar-refractivity contribution in [1.29, 1.82) is 0 Å². The summed E-state index contributed by atoms with van der Waals surface area (Å²) < 4.78 is 1.62. The lowest BCUT2D eigenvalue weighted by Gasteiger charge is -2.02. The van der Waals surface area contributed by atoms with Gasteiger partial charge in [0.05, 0.1) is 18.5 Å². The number of aromatic nitrogens is 2. The molecule has 0 saturated heterocycles. The van der Waals surface area contributed by atoms with Gasteiger partial charge in [-0.25, -0.2) is 4.98 Å². The van der Waals surface area contributed by atoms with E-state index < -0.39 is 7.12 Å². The topological polar surface area (TPSA) is 78.0 Å². The van der Waals surface area contributed by atoms with Crippen molar-refractivity contribution in [2.75, 3.05) is 0 Å². The van der Waals surface area contributed by atoms with Gasteiger partial charge in [-0.15, -0.1) is 0 Å². The third kappa shape index (κ3) is 1.39. The van der Waals surface area contributed by atoms with Gasteiger partial charge in [0.15, 0.2) is 0 Å². The fraction of sp³-hybridized carbons (Fsp3) is 0.125. The Bertz CT molecular complexity index is 455. The summed E-state index contributed by atoms with van der Waals surface area (Å²) in [7, 11) is -1.51. The Morgan fingerprint density at radius 1 is 1.36 bits per heavy atom. The Hall–Kier alpha value is -1.37. The highest BCUT2D eigenvalue weighted by Gasteiger charge is 2.12. The summed E-state index contributed by atoms with van der Waals surface area (Å²) in [6.45, 7) is -0.133. The van der Waals surface area contributed by atoms with Crippen LogP contribution in [0.2, 0.25) is 0 Å². The Labute approximate surface area is 80.4 Å². The molecule has 2 aromatic rings. The molecule has 0 aromatic carbocycles. The molecule has 0 aliphatic rings. The first kappa shape index (κ1) is 9.20. The van der Waals surface area contributed by atoms with Crippen LogP contribution in [0.15, 0.2) is 24.5 Å². The summed E-state index contributed by atoms with van der Waals surface area (Å²) in [4.78, 5) is 4.03. The number of hydrogen-bond acceptors (Lipinski definition) is 4. The summed E-state index contributed by atoms with van der Waals surface area (Å²) in [6.07, 6.45) is 3.08. The van der Waals surface area contributed by atoms with Crippen LogP contribution >= 0.6 is 0 Å². The molecule has 5 nitrogen and oxygen atoms in total. The number of rotatable bonds is 2. The van der Waals surface area contributed by atoms with Gasteiger partial charge < -0.3 is 19.6 Å². The molecule has 6 heteroatoms. The number of imidazole rings is 1. The molecular formula is C8H9BN2O3. The molecule has 0 saturated carbocycles. The van der Waals surface area contributed by atoms with Crippen LogP contribution in [0.4, 0.5) is 0 Å². The maximum absolute atomic E-state index is 8.97. The van der Waals surface area contributed by atoms with Gasteiger partial charge in [-0.05, 0) is 11.5 Å². The minimum Gasteiger partial charge on any atom is -0.423 e. The van der Waals surface area contributed by atoms with E-state index in [1.54, 1.807) is 28.9 Å². The summed E-state index contributed by atoms with van der Waals surface area (Å²) in [6, 6.07) is 3.24. The van der Waals surface area contributed by atoms with Crippen molar-refractivity contribution in [3.05, 3.63) is 30.2 Å². The molecule has 2 heterocycles. The van der Waals surface area contributed by atoms with Crippen molar-refractivity contribution in [3.8, 4) is 0 Å². The second kappa shape index (κ2) is 3.41. The van der Waals surface area contributed by atoms with Gasteiger partial charge in [-0.1, -0.05) is 6.07 Å². The van der Waals surface area contributed by atoms with Crippen LogP contribution in [-0.4, -0.2) is 31.7 Å². The molecule has 0 aliphatic heterocycles. The van der Waals surface area contributed by atoms with Crippen LogP contribution in [0.5, 0.6) is 0 Å². The van der Waals surface area contributed by atoms with E-state index in [1.165, 1.54) is 0 Å². The first-order valence-electron chi connectivity index (χ1n) is 4.15. The number of aliphatic hydroxyl groups excluding tert-OH is 1. The number of nitrogens with zero attached hydrogens (tertiary/aromatic N) is 2. The molecule has 0 aliphatic carbocycles. The highest BCUT2D eigenvalue weighted by molar-refractivity contribution is 6.58. The Balaban J connectivity index is 2.61. The molecule has 0 atom stereocenters. The minimum atomic E-state index is -1.51. The van der Waals surface area contributed by atoms with E-state index in [-0.39, 0.29) is 6.61 Å². The van der Waals surface area contributed by atoms with E-state index in [1.807, 2.05) is 0 Å². The van der Waals surface area contributed by atoms with Crippen LogP contribution in [0.1, 0.15) is 5.69 Å². The maximum atomic E-state index is 8.97. The molecular weight excluding hydrogens is 183 g/mol. The smallest absolute Gasteiger partial charge is 0.423 e. The SMILES string of the molecule is OCc1cnc2ccc(B(O)O)cn12. The molecule has 0 radical (unpaired) electrons. The number of hydrogen-bond donors (Lipinski definition) is 3. The van der Waals surface area contributed by atoms with Crippen molar-refractivity contribution in [3.63, 3.8) is 0 Å². The second-order valence-corrected chi connectivity index (χ2v) is 2.97. The Kier molecular flexibility index (Phi) is 2.24. The molecule has 2 aromatic heterocycles. The van der Waals surface area contributed by atoms with Gasteiger partial charge in [0, 0.05) is 6.20 Å². The van der Waals surface area contributed by atoms with Gasteiger partial charge in [-0.3, -0.25) is 0 Å². The average Bonchev–Trinajstić information content (AvgIpc) is 2.59. The van der Waals surface area contributed by atoms with E-state index in [9.17, 15) is 0 Å². The number of pyridine rings is 1. The monoisotopic (exact) mass is 192 g/mol. The van der Waals surface area contributed by atoms with Crippen molar-refractivity contribution < 1.29 is 15.2 Å². The molecule has 0 bridgehead atoms. The third-order valence-electron chi connectivity index (χ3n) is 2.07. The zero-order valence-corrected chi connectivity index (χ0v) is 7.33. The van der Waals surface area contributed by atoms with E-state index >= 15 is 0 Å². The standard InChI is InChI=1S/C8H9BN2O3/c12-5-7-3-10-8-2-1-6(9(13)14)4-11(7)8/h1-4,12-14H,5H2. The summed E-state index contributed by atoms with van der Waals surface area (Å²) in [5.41, 5.74) is 1.64. The second-order valence-electron chi connectivity index (χ2n) is 2.97. The number of aliphatic hydroxyl groups is 1. The number of fused-ring (bicyclic) bond motifs is 1.